The van der Waals surface area contributed by atoms with Gasteiger partial charge in [-0.2, -0.15) is 0 Å². The number of hydrogen-bond donors (Lipinski definition) is 1. The molecule has 2 saturated heterocycles. The fourth-order valence-corrected chi connectivity index (χ4v) is 3.42. The number of likely N-dealkylation sites (tertiary alicyclic amines) is 2. The van der Waals surface area contributed by atoms with Gasteiger partial charge >= 0.3 is 0 Å². The summed E-state index contributed by atoms with van der Waals surface area (Å²) in [6, 6.07) is 6.20. The van der Waals surface area contributed by atoms with Crippen molar-refractivity contribution < 1.29 is 14.3 Å². The predicted molar refractivity (Wildman–Crippen MR) is 72.9 cm³/mol. The van der Waals surface area contributed by atoms with E-state index >= 15 is 0 Å². The predicted octanol–water partition coefficient (Wildman–Crippen LogP) is 0.964. The number of β-amino-alcohol motifs (C(OH)–C–C–N with tert-alkyl or cyclic N) is 1. The molecule has 1 amide bonds. The van der Waals surface area contributed by atoms with E-state index in [1.807, 2.05) is 4.90 Å². The summed E-state index contributed by atoms with van der Waals surface area (Å²) in [5.74, 6) is 0.000552. The molecule has 0 aromatic heterocycles. The van der Waals surface area contributed by atoms with Gasteiger partial charge in [0.25, 0.3) is 5.91 Å². The van der Waals surface area contributed by atoms with Gasteiger partial charge in [0.2, 0.25) is 0 Å². The van der Waals surface area contributed by atoms with Crippen LogP contribution in [0.5, 0.6) is 0 Å². The third kappa shape index (κ3) is 2.55. The highest BCUT2D eigenvalue weighted by Crippen LogP contribution is 2.30. The molecule has 1 aromatic rings. The van der Waals surface area contributed by atoms with Crippen LogP contribution in [0.2, 0.25) is 0 Å². The fraction of sp³-hybridized carbons (Fsp3) is 0.533. The molecule has 2 atom stereocenters. The van der Waals surface area contributed by atoms with Gasteiger partial charge in [-0.3, -0.25) is 9.69 Å². The van der Waals surface area contributed by atoms with E-state index in [2.05, 4.69) is 4.90 Å². The Morgan fingerprint density at radius 2 is 2.20 bits per heavy atom. The lowest BCUT2D eigenvalue weighted by Crippen LogP contribution is -2.45. The van der Waals surface area contributed by atoms with Crippen LogP contribution in [0, 0.1) is 11.7 Å². The Kier molecular flexibility index (Phi) is 3.72. The first-order chi connectivity index (χ1) is 9.67. The molecule has 5 heteroatoms. The summed E-state index contributed by atoms with van der Waals surface area (Å²) < 4.78 is 13.2. The van der Waals surface area contributed by atoms with E-state index in [1.165, 1.54) is 12.1 Å². The number of aliphatic hydroxyl groups excluding tert-OH is 1. The molecule has 0 spiro atoms. The molecular formula is C15H19FN2O2. The maximum atomic E-state index is 13.2. The topological polar surface area (TPSA) is 43.8 Å². The van der Waals surface area contributed by atoms with E-state index in [9.17, 15) is 9.18 Å². The molecule has 108 valence electrons. The molecule has 1 aromatic carbocycles. The first-order valence-electron chi connectivity index (χ1n) is 7.07. The Bertz CT molecular complexity index is 508. The van der Waals surface area contributed by atoms with Gasteiger partial charge in [0, 0.05) is 37.8 Å². The third-order valence-electron chi connectivity index (χ3n) is 4.27. The molecule has 2 heterocycles. The molecule has 3 rings (SSSR count). The van der Waals surface area contributed by atoms with Gasteiger partial charge in [-0.15, -0.1) is 0 Å². The van der Waals surface area contributed by atoms with Crippen LogP contribution in [-0.4, -0.2) is 59.6 Å². The van der Waals surface area contributed by atoms with Crippen molar-refractivity contribution in [3.05, 3.63) is 35.6 Å². The lowest BCUT2D eigenvalue weighted by Gasteiger charge is -2.33. The van der Waals surface area contributed by atoms with Crippen molar-refractivity contribution in [3.63, 3.8) is 0 Å². The second-order valence-corrected chi connectivity index (χ2v) is 5.69. The van der Waals surface area contributed by atoms with Crippen LogP contribution in [0.4, 0.5) is 4.39 Å². The monoisotopic (exact) mass is 278 g/mol. The molecule has 4 nitrogen and oxygen atoms in total. The van der Waals surface area contributed by atoms with Crippen LogP contribution >= 0.6 is 0 Å². The fourth-order valence-electron chi connectivity index (χ4n) is 3.42. The molecular weight excluding hydrogens is 259 g/mol. The van der Waals surface area contributed by atoms with E-state index in [-0.39, 0.29) is 18.3 Å². The van der Waals surface area contributed by atoms with E-state index < -0.39 is 0 Å². The van der Waals surface area contributed by atoms with Crippen molar-refractivity contribution in [1.29, 1.82) is 0 Å². The van der Waals surface area contributed by atoms with Crippen molar-refractivity contribution in [2.75, 3.05) is 32.8 Å². The zero-order valence-electron chi connectivity index (χ0n) is 11.3. The minimum atomic E-state index is -0.377. The Hall–Kier alpha value is -1.46. The summed E-state index contributed by atoms with van der Waals surface area (Å²) in [5, 5.41) is 9.07. The largest absolute Gasteiger partial charge is 0.395 e. The van der Waals surface area contributed by atoms with Crippen molar-refractivity contribution in [1.82, 2.24) is 9.80 Å². The molecule has 0 unspecified atom stereocenters. The number of hydrogen-bond acceptors (Lipinski definition) is 3. The van der Waals surface area contributed by atoms with Crippen LogP contribution in [0.3, 0.4) is 0 Å². The molecule has 0 saturated carbocycles. The molecule has 2 aliphatic rings. The summed E-state index contributed by atoms with van der Waals surface area (Å²) in [7, 11) is 0. The molecule has 20 heavy (non-hydrogen) atoms. The van der Waals surface area contributed by atoms with Crippen LogP contribution in [0.15, 0.2) is 24.3 Å². The first kappa shape index (κ1) is 13.5. The van der Waals surface area contributed by atoms with Crippen LogP contribution in [0.1, 0.15) is 16.8 Å². The summed E-state index contributed by atoms with van der Waals surface area (Å²) in [6.45, 7) is 3.17. The highest BCUT2D eigenvalue weighted by Gasteiger charge is 2.39. The molecule has 0 aliphatic carbocycles. The van der Waals surface area contributed by atoms with Gasteiger partial charge < -0.3 is 10.0 Å². The number of amides is 1. The van der Waals surface area contributed by atoms with Crippen molar-refractivity contribution in [2.45, 2.75) is 12.5 Å². The van der Waals surface area contributed by atoms with Gasteiger partial charge in [0.05, 0.1) is 6.61 Å². The number of carbonyl (C=O) groups excluding carboxylic acids is 1. The number of piperidine rings is 1. The SMILES string of the molecule is O=C(c1cccc(F)c1)N1C[C@H]2C[C@@H](C1)N(CCO)C2. The Labute approximate surface area is 117 Å². The van der Waals surface area contributed by atoms with E-state index in [1.54, 1.807) is 12.1 Å². The summed E-state index contributed by atoms with van der Waals surface area (Å²) in [4.78, 5) is 16.5. The first-order valence-corrected chi connectivity index (χ1v) is 7.07. The average molecular weight is 278 g/mol. The zero-order valence-corrected chi connectivity index (χ0v) is 11.3. The van der Waals surface area contributed by atoms with Crippen LogP contribution < -0.4 is 0 Å². The number of aliphatic hydroxyl groups is 1. The van der Waals surface area contributed by atoms with Crippen LogP contribution in [-0.2, 0) is 0 Å². The van der Waals surface area contributed by atoms with Crippen molar-refractivity contribution in [3.8, 4) is 0 Å². The van der Waals surface area contributed by atoms with E-state index in [0.29, 0.717) is 30.6 Å². The minimum Gasteiger partial charge on any atom is -0.395 e. The highest BCUT2D eigenvalue weighted by atomic mass is 19.1. The summed E-state index contributed by atoms with van der Waals surface area (Å²) in [5.41, 5.74) is 0.417. The zero-order chi connectivity index (χ0) is 14.1. The van der Waals surface area contributed by atoms with Gasteiger partial charge in [-0.25, -0.2) is 4.39 Å². The third-order valence-corrected chi connectivity index (χ3v) is 4.27. The average Bonchev–Trinajstić information content (AvgIpc) is 2.72. The maximum Gasteiger partial charge on any atom is 0.254 e. The van der Waals surface area contributed by atoms with Crippen LogP contribution in [0.25, 0.3) is 0 Å². The number of carbonyl (C=O) groups is 1. The second kappa shape index (κ2) is 5.50. The lowest BCUT2D eigenvalue weighted by atomic mass is 9.99. The number of rotatable bonds is 3. The van der Waals surface area contributed by atoms with Gasteiger partial charge in [-0.1, -0.05) is 6.07 Å². The number of fused-ring (bicyclic) bond motifs is 2. The standard InChI is InChI=1S/C15H19FN2O2/c16-13-3-1-2-12(7-13)15(20)18-9-11-6-14(10-18)17(8-11)4-5-19/h1-3,7,11,14,19H,4-6,8-10H2/t11-,14-/m0/s1. The molecule has 0 radical (unpaired) electrons. The summed E-state index contributed by atoms with van der Waals surface area (Å²) >= 11 is 0. The Morgan fingerprint density at radius 3 is 2.95 bits per heavy atom. The molecule has 1 N–H and O–H groups in total. The number of benzene rings is 1. The Morgan fingerprint density at radius 1 is 1.35 bits per heavy atom. The number of nitrogens with zero attached hydrogens (tertiary/aromatic N) is 2. The number of halogens is 1. The maximum absolute atomic E-state index is 13.2. The van der Waals surface area contributed by atoms with Gasteiger partial charge in [-0.05, 0) is 30.5 Å². The molecule has 2 aliphatic heterocycles. The van der Waals surface area contributed by atoms with E-state index in [0.717, 1.165) is 19.5 Å². The van der Waals surface area contributed by atoms with Crippen molar-refractivity contribution >= 4 is 5.91 Å². The normalized spacial score (nSPS) is 26.0. The smallest absolute Gasteiger partial charge is 0.254 e. The Balaban J connectivity index is 1.72. The van der Waals surface area contributed by atoms with Gasteiger partial charge in [0.1, 0.15) is 5.82 Å². The highest BCUT2D eigenvalue weighted by molar-refractivity contribution is 5.94. The molecule has 2 fully saturated rings. The van der Waals surface area contributed by atoms with Crippen molar-refractivity contribution in [2.24, 2.45) is 5.92 Å². The lowest BCUT2D eigenvalue weighted by molar-refractivity contribution is 0.0664. The van der Waals surface area contributed by atoms with Gasteiger partial charge in [0.15, 0.2) is 0 Å². The minimum absolute atomic E-state index is 0.0925. The molecule has 2 bridgehead atoms. The van der Waals surface area contributed by atoms with E-state index in [4.69, 9.17) is 5.11 Å². The summed E-state index contributed by atoms with van der Waals surface area (Å²) in [6.07, 6.45) is 1.09. The second-order valence-electron chi connectivity index (χ2n) is 5.69. The quantitative estimate of drug-likeness (QED) is 0.896.